The van der Waals surface area contributed by atoms with E-state index in [1.54, 1.807) is 36.0 Å². The third kappa shape index (κ3) is 5.11. The lowest BCUT2D eigenvalue weighted by Crippen LogP contribution is -2.40. The van der Waals surface area contributed by atoms with Crippen molar-refractivity contribution < 1.29 is 22.8 Å². The lowest BCUT2D eigenvalue weighted by molar-refractivity contribution is -0.185. The SMILES string of the molecule is CCN(Cc1cccc(NC(=O)Cc2c(C)nn(C)c2C)c1)C(=O)C(F)(F)F. The van der Waals surface area contributed by atoms with Gasteiger partial charge in [0.2, 0.25) is 5.91 Å². The second kappa shape index (κ2) is 8.45. The van der Waals surface area contributed by atoms with E-state index in [-0.39, 0.29) is 25.4 Å². The number of hydrogen-bond acceptors (Lipinski definition) is 3. The number of nitrogens with one attached hydrogen (secondary N) is 1. The Morgan fingerprint density at radius 2 is 1.93 bits per heavy atom. The van der Waals surface area contributed by atoms with Crippen LogP contribution >= 0.6 is 0 Å². The summed E-state index contributed by atoms with van der Waals surface area (Å²) in [4.78, 5) is 24.5. The Balaban J connectivity index is 2.08. The van der Waals surface area contributed by atoms with Gasteiger partial charge in [0.05, 0.1) is 12.1 Å². The number of nitrogens with zero attached hydrogens (tertiary/aromatic N) is 3. The average molecular weight is 396 g/mol. The first-order valence-electron chi connectivity index (χ1n) is 8.76. The molecule has 0 unspecified atom stereocenters. The molecule has 0 saturated carbocycles. The number of alkyl halides is 3. The molecule has 1 aromatic carbocycles. The van der Waals surface area contributed by atoms with Crippen molar-refractivity contribution in [2.24, 2.45) is 7.05 Å². The van der Waals surface area contributed by atoms with Gasteiger partial charge in [-0.15, -0.1) is 0 Å². The predicted octanol–water partition coefficient (Wildman–Crippen LogP) is 3.13. The highest BCUT2D eigenvalue weighted by Crippen LogP contribution is 2.21. The molecule has 1 N–H and O–H groups in total. The monoisotopic (exact) mass is 396 g/mol. The number of anilines is 1. The van der Waals surface area contributed by atoms with Gasteiger partial charge in [0.1, 0.15) is 0 Å². The molecule has 0 saturated heterocycles. The molecule has 2 amide bonds. The molecule has 0 atom stereocenters. The zero-order valence-electron chi connectivity index (χ0n) is 16.2. The van der Waals surface area contributed by atoms with Crippen LogP contribution in [0.4, 0.5) is 18.9 Å². The van der Waals surface area contributed by atoms with Crippen LogP contribution in [0.15, 0.2) is 24.3 Å². The molecule has 0 aliphatic rings. The Kier molecular flexibility index (Phi) is 6.48. The number of rotatable bonds is 6. The van der Waals surface area contributed by atoms with E-state index >= 15 is 0 Å². The van der Waals surface area contributed by atoms with Gasteiger partial charge in [-0.05, 0) is 38.5 Å². The van der Waals surface area contributed by atoms with Crippen molar-refractivity contribution in [2.75, 3.05) is 11.9 Å². The maximum Gasteiger partial charge on any atom is 0.471 e. The van der Waals surface area contributed by atoms with Crippen LogP contribution < -0.4 is 5.32 Å². The molecule has 0 fully saturated rings. The van der Waals surface area contributed by atoms with Gasteiger partial charge in [-0.1, -0.05) is 12.1 Å². The lowest BCUT2D eigenvalue weighted by atomic mass is 10.1. The van der Waals surface area contributed by atoms with Gasteiger partial charge in [-0.3, -0.25) is 14.3 Å². The third-order valence-corrected chi connectivity index (χ3v) is 4.49. The summed E-state index contributed by atoms with van der Waals surface area (Å²) >= 11 is 0. The minimum atomic E-state index is -4.92. The fraction of sp³-hybridized carbons (Fsp3) is 0.421. The van der Waals surface area contributed by atoms with Gasteiger partial charge in [0.25, 0.3) is 0 Å². The molecule has 6 nitrogen and oxygen atoms in total. The molecule has 9 heteroatoms. The van der Waals surface area contributed by atoms with Crippen LogP contribution in [0.5, 0.6) is 0 Å². The third-order valence-electron chi connectivity index (χ3n) is 4.49. The summed E-state index contributed by atoms with van der Waals surface area (Å²) in [5, 5.41) is 7.01. The van der Waals surface area contributed by atoms with Crippen LogP contribution in [0.2, 0.25) is 0 Å². The van der Waals surface area contributed by atoms with E-state index in [2.05, 4.69) is 10.4 Å². The lowest BCUT2D eigenvalue weighted by Gasteiger charge is -2.22. The van der Waals surface area contributed by atoms with Crippen molar-refractivity contribution in [1.82, 2.24) is 14.7 Å². The van der Waals surface area contributed by atoms with Crippen LogP contribution in [-0.4, -0.2) is 39.2 Å². The van der Waals surface area contributed by atoms with Crippen molar-refractivity contribution in [3.63, 3.8) is 0 Å². The Bertz CT molecular complexity index is 875. The molecular formula is C19H23F3N4O2. The molecule has 1 heterocycles. The summed E-state index contributed by atoms with van der Waals surface area (Å²) in [5.74, 6) is -2.14. The van der Waals surface area contributed by atoms with Gasteiger partial charge in [-0.2, -0.15) is 18.3 Å². The zero-order chi connectivity index (χ0) is 21.1. The highest BCUT2D eigenvalue weighted by molar-refractivity contribution is 5.92. The second-order valence-electron chi connectivity index (χ2n) is 6.52. The molecule has 0 spiro atoms. The van der Waals surface area contributed by atoms with Gasteiger partial charge >= 0.3 is 12.1 Å². The first kappa shape index (κ1) is 21.5. The molecule has 1 aromatic heterocycles. The van der Waals surface area contributed by atoms with Crippen LogP contribution in [0.25, 0.3) is 0 Å². The summed E-state index contributed by atoms with van der Waals surface area (Å²) in [6.45, 7) is 4.91. The average Bonchev–Trinajstić information content (AvgIpc) is 2.84. The van der Waals surface area contributed by atoms with Crippen LogP contribution in [0.3, 0.4) is 0 Å². The van der Waals surface area contributed by atoms with Crippen molar-refractivity contribution in [3.05, 3.63) is 46.8 Å². The predicted molar refractivity (Wildman–Crippen MR) is 98.6 cm³/mol. The smallest absolute Gasteiger partial charge is 0.331 e. The summed E-state index contributed by atoms with van der Waals surface area (Å²) in [6, 6.07) is 6.44. The Morgan fingerprint density at radius 3 is 2.46 bits per heavy atom. The Hall–Kier alpha value is -2.84. The van der Waals surface area contributed by atoms with E-state index in [4.69, 9.17) is 0 Å². The minimum absolute atomic E-state index is 0.0749. The van der Waals surface area contributed by atoms with Gasteiger partial charge in [0, 0.05) is 37.1 Å². The number of hydrogen-bond donors (Lipinski definition) is 1. The first-order chi connectivity index (χ1) is 13.0. The Labute approximate surface area is 161 Å². The quantitative estimate of drug-likeness (QED) is 0.816. The maximum atomic E-state index is 12.7. The Morgan fingerprint density at radius 1 is 1.25 bits per heavy atom. The normalized spacial score (nSPS) is 11.4. The highest BCUT2D eigenvalue weighted by Gasteiger charge is 2.41. The van der Waals surface area contributed by atoms with Crippen LogP contribution in [0, 0.1) is 13.8 Å². The summed E-state index contributed by atoms with van der Waals surface area (Å²) in [6.07, 6.45) is -4.77. The molecule has 0 radical (unpaired) electrons. The van der Waals surface area contributed by atoms with E-state index in [0.29, 0.717) is 16.2 Å². The molecule has 2 aromatic rings. The number of aryl methyl sites for hydroxylation is 2. The molecule has 0 aliphatic carbocycles. The number of benzene rings is 1. The van der Waals surface area contributed by atoms with E-state index in [9.17, 15) is 22.8 Å². The summed E-state index contributed by atoms with van der Waals surface area (Å²) in [7, 11) is 1.80. The van der Waals surface area contributed by atoms with E-state index in [0.717, 1.165) is 17.0 Å². The first-order valence-corrected chi connectivity index (χ1v) is 8.76. The fourth-order valence-corrected chi connectivity index (χ4v) is 2.91. The van der Waals surface area contributed by atoms with E-state index < -0.39 is 12.1 Å². The minimum Gasteiger partial charge on any atom is -0.331 e. The molecular weight excluding hydrogens is 373 g/mol. The fourth-order valence-electron chi connectivity index (χ4n) is 2.91. The van der Waals surface area contributed by atoms with Gasteiger partial charge < -0.3 is 10.2 Å². The van der Waals surface area contributed by atoms with Crippen molar-refractivity contribution in [2.45, 2.75) is 39.9 Å². The topological polar surface area (TPSA) is 67.2 Å². The van der Waals surface area contributed by atoms with E-state index in [1.165, 1.54) is 6.92 Å². The highest BCUT2D eigenvalue weighted by atomic mass is 19.4. The summed E-state index contributed by atoms with van der Waals surface area (Å²) < 4.78 is 39.7. The molecule has 0 bridgehead atoms. The van der Waals surface area contributed by atoms with E-state index in [1.807, 2.05) is 13.8 Å². The zero-order valence-corrected chi connectivity index (χ0v) is 16.2. The number of aromatic nitrogens is 2. The molecule has 2 rings (SSSR count). The summed E-state index contributed by atoms with van der Waals surface area (Å²) in [5.41, 5.74) is 3.45. The van der Waals surface area contributed by atoms with Gasteiger partial charge in [-0.25, -0.2) is 0 Å². The van der Waals surface area contributed by atoms with Crippen molar-refractivity contribution in [1.29, 1.82) is 0 Å². The van der Waals surface area contributed by atoms with Crippen molar-refractivity contribution in [3.8, 4) is 0 Å². The number of carbonyl (C=O) groups is 2. The molecule has 152 valence electrons. The molecule has 28 heavy (non-hydrogen) atoms. The maximum absolute atomic E-state index is 12.7. The number of halogens is 3. The van der Waals surface area contributed by atoms with Gasteiger partial charge in [0.15, 0.2) is 0 Å². The van der Waals surface area contributed by atoms with Crippen LogP contribution in [0.1, 0.15) is 29.4 Å². The van der Waals surface area contributed by atoms with Crippen LogP contribution in [-0.2, 0) is 29.6 Å². The molecule has 0 aliphatic heterocycles. The standard InChI is InChI=1S/C19H23F3N4O2/c1-5-26(18(28)19(20,21)22)11-14-7-6-8-15(9-14)23-17(27)10-16-12(2)24-25(4)13(16)3/h6-9H,5,10-11H2,1-4H3,(H,23,27). The largest absolute Gasteiger partial charge is 0.471 e. The number of amides is 2. The van der Waals surface area contributed by atoms with Crippen molar-refractivity contribution >= 4 is 17.5 Å². The number of carbonyl (C=O) groups excluding carboxylic acids is 2. The second-order valence-corrected chi connectivity index (χ2v) is 6.52.